The minimum Gasteiger partial charge on any atom is -0.488 e. The normalized spacial score (nSPS) is 14.8. The molecule has 0 spiro atoms. The zero-order chi connectivity index (χ0) is 33.9. The van der Waals surface area contributed by atoms with Gasteiger partial charge in [-0.25, -0.2) is 14.6 Å². The Balaban J connectivity index is 1.60. The number of hydrogen-bond acceptors (Lipinski definition) is 8. The molecular formula is C33H25BrClF3N2O6S. The first-order valence-corrected chi connectivity index (χ1v) is 16.1. The van der Waals surface area contributed by atoms with Gasteiger partial charge in [0.25, 0.3) is 5.56 Å². The lowest BCUT2D eigenvalue weighted by atomic mass is 9.95. The number of aromatic nitrogens is 1. The molecule has 0 aliphatic carbocycles. The van der Waals surface area contributed by atoms with Crippen LogP contribution < -0.4 is 19.6 Å². The maximum atomic E-state index is 14.4. The van der Waals surface area contributed by atoms with Crippen molar-refractivity contribution in [2.24, 2.45) is 4.99 Å². The molecule has 4 aromatic rings. The lowest BCUT2D eigenvalue weighted by Gasteiger charge is -2.26. The third kappa shape index (κ3) is 7.53. The van der Waals surface area contributed by atoms with Crippen molar-refractivity contribution >= 4 is 56.9 Å². The summed E-state index contributed by atoms with van der Waals surface area (Å²) in [6.07, 6.45) is -3.53. The van der Waals surface area contributed by atoms with Crippen molar-refractivity contribution in [2.45, 2.75) is 32.7 Å². The zero-order valence-corrected chi connectivity index (χ0v) is 27.9. The summed E-state index contributed by atoms with van der Waals surface area (Å²) in [6, 6.07) is 16.1. The Labute approximate surface area is 283 Å². The monoisotopic (exact) mass is 748 g/mol. The number of benzene rings is 3. The third-order valence-corrected chi connectivity index (χ3v) is 8.63. The molecule has 47 heavy (non-hydrogen) atoms. The van der Waals surface area contributed by atoms with Gasteiger partial charge in [0.2, 0.25) is 0 Å². The van der Waals surface area contributed by atoms with Gasteiger partial charge in [-0.3, -0.25) is 9.36 Å². The molecule has 244 valence electrons. The number of hydrogen-bond donors (Lipinski definition) is 0. The van der Waals surface area contributed by atoms with Gasteiger partial charge in [0.15, 0.2) is 10.5 Å². The highest BCUT2D eigenvalue weighted by atomic mass is 79.9. The van der Waals surface area contributed by atoms with Crippen LogP contribution in [0.3, 0.4) is 0 Å². The van der Waals surface area contributed by atoms with E-state index in [0.717, 1.165) is 21.5 Å². The quantitative estimate of drug-likeness (QED) is 0.181. The maximum absolute atomic E-state index is 14.4. The van der Waals surface area contributed by atoms with Crippen molar-refractivity contribution in [3.05, 3.63) is 129 Å². The predicted octanol–water partition coefficient (Wildman–Crippen LogP) is 6.51. The number of thiazole rings is 1. The lowest BCUT2D eigenvalue weighted by Crippen LogP contribution is -2.41. The molecule has 0 unspecified atom stereocenters. The van der Waals surface area contributed by atoms with Crippen molar-refractivity contribution in [2.75, 3.05) is 13.2 Å². The maximum Gasteiger partial charge on any atom is 0.434 e. The molecule has 1 aliphatic heterocycles. The number of ether oxygens (including phenoxy) is 3. The van der Waals surface area contributed by atoms with E-state index in [1.54, 1.807) is 49.4 Å². The summed E-state index contributed by atoms with van der Waals surface area (Å²) in [4.78, 5) is 42.5. The molecule has 5 rings (SSSR count). The highest BCUT2D eigenvalue weighted by molar-refractivity contribution is 9.10. The molecule has 0 fully saturated rings. The number of allylic oxidation sites excluding steroid dienone is 1. The number of halogens is 5. The summed E-state index contributed by atoms with van der Waals surface area (Å²) in [5.74, 6) is -1.30. The van der Waals surface area contributed by atoms with Gasteiger partial charge in [0.05, 0.1) is 34.9 Å². The fourth-order valence-corrected chi connectivity index (χ4v) is 6.31. The third-order valence-electron chi connectivity index (χ3n) is 6.90. The second kappa shape index (κ2) is 14.3. The summed E-state index contributed by atoms with van der Waals surface area (Å²) < 4.78 is 61.0. The van der Waals surface area contributed by atoms with E-state index in [1.807, 2.05) is 0 Å². The van der Waals surface area contributed by atoms with E-state index < -0.39 is 41.0 Å². The van der Waals surface area contributed by atoms with Crippen molar-refractivity contribution in [1.29, 1.82) is 0 Å². The highest BCUT2D eigenvalue weighted by Crippen LogP contribution is 2.38. The Morgan fingerprint density at radius 3 is 2.30 bits per heavy atom. The summed E-state index contributed by atoms with van der Waals surface area (Å²) in [5, 5.41) is 0.316. The summed E-state index contributed by atoms with van der Waals surface area (Å²) in [6.45, 7) is 3.37. The van der Waals surface area contributed by atoms with Gasteiger partial charge in [0.1, 0.15) is 12.4 Å². The number of esters is 2. The van der Waals surface area contributed by atoms with E-state index in [1.165, 1.54) is 37.3 Å². The van der Waals surface area contributed by atoms with Gasteiger partial charge >= 0.3 is 18.1 Å². The van der Waals surface area contributed by atoms with E-state index in [0.29, 0.717) is 26.4 Å². The molecule has 0 radical (unpaired) electrons. The van der Waals surface area contributed by atoms with E-state index in [9.17, 15) is 27.6 Å². The first-order valence-electron chi connectivity index (χ1n) is 14.1. The highest BCUT2D eigenvalue weighted by Gasteiger charge is 2.45. The van der Waals surface area contributed by atoms with Gasteiger partial charge in [0, 0.05) is 15.1 Å². The fraction of sp³-hybridized carbons (Fsp3) is 0.212. The largest absolute Gasteiger partial charge is 0.488 e. The summed E-state index contributed by atoms with van der Waals surface area (Å²) in [5.41, 5.74) is -1.10. The van der Waals surface area contributed by atoms with Gasteiger partial charge < -0.3 is 14.2 Å². The van der Waals surface area contributed by atoms with Gasteiger partial charge in [-0.1, -0.05) is 63.1 Å². The Morgan fingerprint density at radius 1 is 1.00 bits per heavy atom. The fourth-order valence-electron chi connectivity index (χ4n) is 4.82. The molecule has 14 heteroatoms. The minimum absolute atomic E-state index is 0.0519. The van der Waals surface area contributed by atoms with Crippen molar-refractivity contribution in [3.63, 3.8) is 0 Å². The van der Waals surface area contributed by atoms with Crippen LogP contribution in [0.25, 0.3) is 6.08 Å². The molecule has 0 saturated carbocycles. The van der Waals surface area contributed by atoms with Crippen LogP contribution in [0.5, 0.6) is 5.75 Å². The average molecular weight is 750 g/mol. The first-order chi connectivity index (χ1) is 22.4. The van der Waals surface area contributed by atoms with Gasteiger partial charge in [-0.15, -0.1) is 0 Å². The van der Waals surface area contributed by atoms with Crippen LogP contribution >= 0.6 is 38.9 Å². The van der Waals surface area contributed by atoms with Crippen LogP contribution in [0.1, 0.15) is 46.9 Å². The number of carbonyl (C=O) groups is 2. The second-order valence-corrected chi connectivity index (χ2v) is 12.4. The predicted molar refractivity (Wildman–Crippen MR) is 173 cm³/mol. The van der Waals surface area contributed by atoms with Crippen molar-refractivity contribution in [3.8, 4) is 5.75 Å². The van der Waals surface area contributed by atoms with Crippen LogP contribution in [-0.2, 0) is 20.9 Å². The Kier molecular flexibility index (Phi) is 10.4. The molecule has 1 atom stereocenters. The molecular weight excluding hydrogens is 725 g/mol. The second-order valence-electron chi connectivity index (χ2n) is 10.0. The minimum atomic E-state index is -5.03. The molecule has 3 aromatic carbocycles. The van der Waals surface area contributed by atoms with Crippen molar-refractivity contribution in [1.82, 2.24) is 4.57 Å². The van der Waals surface area contributed by atoms with Crippen LogP contribution in [0.4, 0.5) is 13.2 Å². The molecule has 0 N–H and O–H groups in total. The van der Waals surface area contributed by atoms with E-state index in [4.69, 9.17) is 25.8 Å². The van der Waals surface area contributed by atoms with Gasteiger partial charge in [-0.2, -0.15) is 13.2 Å². The van der Waals surface area contributed by atoms with E-state index in [2.05, 4.69) is 20.9 Å². The Bertz CT molecular complexity index is 2040. The molecule has 0 amide bonds. The average Bonchev–Trinajstić information content (AvgIpc) is 3.34. The molecule has 2 heterocycles. The van der Waals surface area contributed by atoms with E-state index in [-0.39, 0.29) is 34.7 Å². The summed E-state index contributed by atoms with van der Waals surface area (Å²) in [7, 11) is 0. The van der Waals surface area contributed by atoms with Crippen LogP contribution in [0, 0.1) is 0 Å². The van der Waals surface area contributed by atoms with E-state index >= 15 is 0 Å². The number of rotatable bonds is 9. The lowest BCUT2D eigenvalue weighted by molar-refractivity contribution is -0.140. The number of alkyl halides is 3. The molecule has 1 aromatic heterocycles. The van der Waals surface area contributed by atoms with Gasteiger partial charge in [-0.05, 0) is 73.5 Å². The molecule has 1 aliphatic rings. The zero-order valence-electron chi connectivity index (χ0n) is 24.8. The molecule has 0 saturated heterocycles. The van der Waals surface area contributed by atoms with Crippen LogP contribution in [0.15, 0.2) is 92.3 Å². The van der Waals surface area contributed by atoms with Crippen LogP contribution in [-0.4, -0.2) is 35.9 Å². The van der Waals surface area contributed by atoms with Crippen molar-refractivity contribution < 1.29 is 37.0 Å². The van der Waals surface area contributed by atoms with Crippen LogP contribution in [0.2, 0.25) is 5.02 Å². The molecule has 8 nitrogen and oxygen atoms in total. The Hall–Kier alpha value is -4.20. The standard InChI is InChI=1S/C33H25BrClF3N2O6S/c1-3-44-30(42)20-7-5-18(6-8-20)17-46-24-14-11-22(34)15-21(24)16-25-29(41)40-27(19-9-12-23(35)13-10-19)26(31(43)45-4-2)28(33(36,37)38)39-32(40)47-25/h5-16,27H,3-4,17H2,1-2H3/b25-16-/t27-/m0/s1. The number of carbonyl (C=O) groups excluding carboxylic acids is 2. The smallest absolute Gasteiger partial charge is 0.434 e. The molecule has 0 bridgehead atoms. The number of fused-ring (bicyclic) bond motifs is 1. The summed E-state index contributed by atoms with van der Waals surface area (Å²) >= 11 is 10.2. The number of nitrogens with zero attached hydrogens (tertiary/aromatic N) is 2. The first kappa shape index (κ1) is 34.1. The topological polar surface area (TPSA) is 96.2 Å². The Morgan fingerprint density at radius 2 is 1.66 bits per heavy atom. The SMILES string of the molecule is CCOC(=O)C1=C(C(F)(F)F)N=c2s/c(=C\c3cc(Br)ccc3OCc3ccc(C(=O)OCC)cc3)c(=O)n2[C@H]1c1ccc(Cl)cc1.